The van der Waals surface area contributed by atoms with E-state index in [2.05, 4.69) is 50.1 Å². The molecule has 8 nitrogen and oxygen atoms in total. The summed E-state index contributed by atoms with van der Waals surface area (Å²) in [6, 6.07) is 2.06. The number of likely N-dealkylation sites (tertiary alicyclic amines) is 1. The van der Waals surface area contributed by atoms with Crippen LogP contribution in [0.1, 0.15) is 69.7 Å². The van der Waals surface area contributed by atoms with Crippen LogP contribution >= 0.6 is 0 Å². The number of carbonyl (C=O) groups is 1. The van der Waals surface area contributed by atoms with Crippen molar-refractivity contribution >= 4 is 11.9 Å². The second kappa shape index (κ2) is 12.1. The van der Waals surface area contributed by atoms with Crippen molar-refractivity contribution in [2.45, 2.75) is 64.8 Å². The highest BCUT2D eigenvalue weighted by molar-refractivity contribution is 5.80. The molecule has 0 saturated carbocycles. The Kier molecular flexibility index (Phi) is 9.18. The normalized spacial score (nSPS) is 19.0. The molecule has 0 spiro atoms. The van der Waals surface area contributed by atoms with Crippen LogP contribution in [0.3, 0.4) is 0 Å². The lowest BCUT2D eigenvalue weighted by atomic mass is 9.99. The van der Waals surface area contributed by atoms with Crippen LogP contribution in [0.25, 0.3) is 0 Å². The first-order valence-electron chi connectivity index (χ1n) is 12.1. The van der Waals surface area contributed by atoms with Crippen LogP contribution in [0.5, 0.6) is 0 Å². The predicted octanol–water partition coefficient (Wildman–Crippen LogP) is 2.67. The van der Waals surface area contributed by atoms with E-state index in [1.165, 1.54) is 12.8 Å². The van der Waals surface area contributed by atoms with Gasteiger partial charge in [0.15, 0.2) is 11.7 Å². The van der Waals surface area contributed by atoms with Gasteiger partial charge < -0.3 is 19.6 Å². The third kappa shape index (κ3) is 6.69. The number of piperazine rings is 1. The molecule has 1 aromatic rings. The Morgan fingerprint density at radius 1 is 1.06 bits per heavy atom. The zero-order chi connectivity index (χ0) is 22.1. The van der Waals surface area contributed by atoms with Crippen LogP contribution in [0.4, 0.5) is 0 Å². The van der Waals surface area contributed by atoms with Crippen LogP contribution in [0.2, 0.25) is 0 Å². The van der Waals surface area contributed by atoms with E-state index in [-0.39, 0.29) is 5.91 Å². The second-order valence-corrected chi connectivity index (χ2v) is 8.69. The molecule has 3 heterocycles. The molecular weight excluding hydrogens is 392 g/mol. The summed E-state index contributed by atoms with van der Waals surface area (Å²) in [5.74, 6) is 2.46. The lowest BCUT2D eigenvalue weighted by molar-refractivity contribution is -0.132. The van der Waals surface area contributed by atoms with E-state index >= 15 is 0 Å². The van der Waals surface area contributed by atoms with Crippen LogP contribution in [0, 0.1) is 0 Å². The van der Waals surface area contributed by atoms with E-state index in [1.807, 2.05) is 7.05 Å². The predicted molar refractivity (Wildman–Crippen MR) is 123 cm³/mol. The fourth-order valence-electron chi connectivity index (χ4n) is 4.54. The third-order valence-electron chi connectivity index (χ3n) is 6.60. The van der Waals surface area contributed by atoms with Crippen LogP contribution in [-0.2, 0) is 11.3 Å². The zero-order valence-corrected chi connectivity index (χ0v) is 19.6. The van der Waals surface area contributed by atoms with E-state index in [4.69, 9.17) is 4.52 Å². The molecule has 3 rings (SSSR count). The first-order chi connectivity index (χ1) is 15.1. The van der Waals surface area contributed by atoms with Crippen molar-refractivity contribution in [3.8, 4) is 0 Å². The molecule has 1 amide bonds. The van der Waals surface area contributed by atoms with Gasteiger partial charge in [0.2, 0.25) is 5.91 Å². The Morgan fingerprint density at radius 2 is 1.74 bits per heavy atom. The number of amides is 1. The maximum Gasteiger partial charge on any atom is 0.236 e. The lowest BCUT2D eigenvalue weighted by Gasteiger charge is -2.36. The summed E-state index contributed by atoms with van der Waals surface area (Å²) in [6.07, 6.45) is 6.94. The van der Waals surface area contributed by atoms with Gasteiger partial charge in [-0.05, 0) is 25.7 Å². The Morgan fingerprint density at radius 3 is 2.35 bits per heavy atom. The number of nitrogens with zero attached hydrogens (tertiary/aromatic N) is 5. The van der Waals surface area contributed by atoms with E-state index in [1.54, 1.807) is 0 Å². The molecule has 2 saturated heterocycles. The monoisotopic (exact) mass is 432 g/mol. The van der Waals surface area contributed by atoms with Gasteiger partial charge in [-0.15, -0.1) is 0 Å². The molecule has 0 radical (unpaired) electrons. The number of guanidine groups is 1. The Labute approximate surface area is 187 Å². The average Bonchev–Trinajstić information content (AvgIpc) is 3.08. The summed E-state index contributed by atoms with van der Waals surface area (Å²) >= 11 is 0. The van der Waals surface area contributed by atoms with E-state index in [0.29, 0.717) is 19.0 Å². The lowest BCUT2D eigenvalue weighted by Crippen LogP contribution is -2.54. The van der Waals surface area contributed by atoms with Gasteiger partial charge in [0.05, 0.1) is 18.8 Å². The minimum atomic E-state index is 0.288. The summed E-state index contributed by atoms with van der Waals surface area (Å²) < 4.78 is 5.52. The maximum absolute atomic E-state index is 12.7. The molecule has 0 aliphatic carbocycles. The molecule has 0 aromatic carbocycles. The SMILES string of the molecule is CCC(CC)c1cc(CNC(=NC)N2CCN(CC(=O)N3CCCCCC3)CC2)on1. The third-order valence-corrected chi connectivity index (χ3v) is 6.60. The largest absolute Gasteiger partial charge is 0.359 e. The van der Waals surface area contributed by atoms with Gasteiger partial charge in [-0.3, -0.25) is 14.7 Å². The summed E-state index contributed by atoms with van der Waals surface area (Å²) in [7, 11) is 1.81. The average molecular weight is 433 g/mol. The molecule has 2 fully saturated rings. The molecule has 2 aliphatic rings. The van der Waals surface area contributed by atoms with Crippen molar-refractivity contribution in [3.63, 3.8) is 0 Å². The van der Waals surface area contributed by atoms with Gasteiger partial charge in [0, 0.05) is 58.3 Å². The molecule has 0 atom stereocenters. The topological polar surface area (TPSA) is 77.2 Å². The number of aliphatic imine (C=N–C) groups is 1. The van der Waals surface area contributed by atoms with Crippen molar-refractivity contribution < 1.29 is 9.32 Å². The Balaban J connectivity index is 1.43. The van der Waals surface area contributed by atoms with Gasteiger partial charge in [-0.1, -0.05) is 31.8 Å². The number of hydrogen-bond donors (Lipinski definition) is 1. The molecule has 1 aromatic heterocycles. The molecule has 2 aliphatic heterocycles. The van der Waals surface area contributed by atoms with Gasteiger partial charge in [0.1, 0.15) is 0 Å². The van der Waals surface area contributed by atoms with Gasteiger partial charge >= 0.3 is 0 Å². The molecular formula is C23H40N6O2. The molecule has 8 heteroatoms. The highest BCUT2D eigenvalue weighted by Gasteiger charge is 2.24. The number of hydrogen-bond acceptors (Lipinski definition) is 5. The number of nitrogens with one attached hydrogen (secondary N) is 1. The quantitative estimate of drug-likeness (QED) is 0.527. The first kappa shape index (κ1) is 23.6. The molecule has 1 N–H and O–H groups in total. The summed E-state index contributed by atoms with van der Waals surface area (Å²) in [5, 5.41) is 7.65. The van der Waals surface area contributed by atoms with Gasteiger partial charge in [0.25, 0.3) is 0 Å². The fourth-order valence-corrected chi connectivity index (χ4v) is 4.54. The Bertz CT molecular complexity index is 699. The van der Waals surface area contributed by atoms with E-state index in [0.717, 1.165) is 82.4 Å². The summed E-state index contributed by atoms with van der Waals surface area (Å²) in [6.45, 7) is 10.8. The van der Waals surface area contributed by atoms with E-state index < -0.39 is 0 Å². The van der Waals surface area contributed by atoms with Crippen LogP contribution < -0.4 is 5.32 Å². The number of carbonyl (C=O) groups excluding carboxylic acids is 1. The van der Waals surface area contributed by atoms with E-state index in [9.17, 15) is 4.79 Å². The molecule has 0 bridgehead atoms. The number of rotatable bonds is 7. The first-order valence-corrected chi connectivity index (χ1v) is 12.1. The Hall–Kier alpha value is -2.09. The second-order valence-electron chi connectivity index (χ2n) is 8.69. The highest BCUT2D eigenvalue weighted by atomic mass is 16.5. The van der Waals surface area contributed by atoms with Crippen molar-refractivity contribution in [2.24, 2.45) is 4.99 Å². The number of aromatic nitrogens is 1. The van der Waals surface area contributed by atoms with Crippen molar-refractivity contribution in [3.05, 3.63) is 17.5 Å². The molecule has 31 heavy (non-hydrogen) atoms. The minimum absolute atomic E-state index is 0.288. The zero-order valence-electron chi connectivity index (χ0n) is 19.6. The van der Waals surface area contributed by atoms with Crippen molar-refractivity contribution in [2.75, 3.05) is 52.9 Å². The smallest absolute Gasteiger partial charge is 0.236 e. The maximum atomic E-state index is 12.7. The van der Waals surface area contributed by atoms with Gasteiger partial charge in [-0.2, -0.15) is 0 Å². The van der Waals surface area contributed by atoms with Crippen molar-refractivity contribution in [1.29, 1.82) is 0 Å². The van der Waals surface area contributed by atoms with Gasteiger partial charge in [-0.25, -0.2) is 0 Å². The minimum Gasteiger partial charge on any atom is -0.359 e. The summed E-state index contributed by atoms with van der Waals surface area (Å²) in [5.41, 5.74) is 1.04. The molecule has 174 valence electrons. The van der Waals surface area contributed by atoms with Crippen LogP contribution in [-0.4, -0.2) is 84.6 Å². The summed E-state index contributed by atoms with van der Waals surface area (Å²) in [4.78, 5) is 23.7. The molecule has 0 unspecified atom stereocenters. The standard InChI is InChI=1S/C23H40N6O2/c1-4-19(5-2)21-16-20(31-26-21)17-25-23(24-3)29-14-12-27(13-15-29)18-22(30)28-10-8-6-7-9-11-28/h16,19H,4-15,17-18H2,1-3H3,(H,24,25). The van der Waals surface area contributed by atoms with Crippen LogP contribution in [0.15, 0.2) is 15.6 Å². The van der Waals surface area contributed by atoms with Crippen molar-refractivity contribution in [1.82, 2.24) is 25.2 Å². The highest BCUT2D eigenvalue weighted by Crippen LogP contribution is 2.22. The fraction of sp³-hybridized carbons (Fsp3) is 0.783.